The van der Waals surface area contributed by atoms with E-state index in [1.54, 1.807) is 49.3 Å². The molecular formula is C19H17F3N4. The van der Waals surface area contributed by atoms with Crippen molar-refractivity contribution < 1.29 is 13.2 Å². The molecule has 0 amide bonds. The molecule has 0 unspecified atom stereocenters. The summed E-state index contributed by atoms with van der Waals surface area (Å²) in [7, 11) is 3.27. The second kappa shape index (κ2) is 7.03. The molecular weight excluding hydrogens is 341 g/mol. The van der Waals surface area contributed by atoms with Gasteiger partial charge in [0.1, 0.15) is 5.56 Å². The Labute approximate surface area is 149 Å². The topological polar surface area (TPSA) is 32.3 Å². The third kappa shape index (κ3) is 3.61. The molecule has 1 heterocycles. The molecule has 0 N–H and O–H groups in total. The van der Waals surface area contributed by atoms with Crippen LogP contribution in [0.15, 0.2) is 66.9 Å². The number of rotatable bonds is 4. The molecule has 0 aliphatic rings. The molecule has 0 radical (unpaired) electrons. The maximum atomic E-state index is 13.5. The molecule has 0 aliphatic carbocycles. The fraction of sp³-hybridized carbons (Fsp3) is 0.158. The van der Waals surface area contributed by atoms with Gasteiger partial charge in [0, 0.05) is 31.7 Å². The van der Waals surface area contributed by atoms with Gasteiger partial charge in [0.15, 0.2) is 5.82 Å². The lowest BCUT2D eigenvalue weighted by atomic mass is 10.2. The van der Waals surface area contributed by atoms with Crippen molar-refractivity contribution in [3.05, 3.63) is 72.4 Å². The summed E-state index contributed by atoms with van der Waals surface area (Å²) in [4.78, 5) is 11.2. The highest BCUT2D eigenvalue weighted by Gasteiger charge is 2.36. The first-order valence-corrected chi connectivity index (χ1v) is 7.89. The molecule has 0 saturated heterocycles. The summed E-state index contributed by atoms with van der Waals surface area (Å²) in [6.07, 6.45) is -3.72. The largest absolute Gasteiger partial charge is 0.421 e. The number of aromatic nitrogens is 2. The van der Waals surface area contributed by atoms with Gasteiger partial charge in [0.2, 0.25) is 5.95 Å². The van der Waals surface area contributed by atoms with Crippen LogP contribution in [0.1, 0.15) is 5.56 Å². The minimum absolute atomic E-state index is 0.182. The van der Waals surface area contributed by atoms with Gasteiger partial charge in [0.05, 0.1) is 0 Å². The van der Waals surface area contributed by atoms with Crippen molar-refractivity contribution in [2.75, 3.05) is 23.9 Å². The minimum Gasteiger partial charge on any atom is -0.329 e. The summed E-state index contributed by atoms with van der Waals surface area (Å²) < 4.78 is 40.4. The molecule has 26 heavy (non-hydrogen) atoms. The van der Waals surface area contributed by atoms with Crippen LogP contribution in [-0.4, -0.2) is 24.1 Å². The highest BCUT2D eigenvalue weighted by molar-refractivity contribution is 5.65. The number of hydrogen-bond donors (Lipinski definition) is 0. The Kier molecular flexibility index (Phi) is 4.79. The van der Waals surface area contributed by atoms with E-state index < -0.39 is 11.7 Å². The van der Waals surface area contributed by atoms with Crippen LogP contribution in [0.25, 0.3) is 0 Å². The Morgan fingerprint density at radius 2 is 1.27 bits per heavy atom. The SMILES string of the molecule is CN(c1ccccc1)c1ncc(C(F)(F)F)c(N(C)c2ccccc2)n1. The van der Waals surface area contributed by atoms with Crippen molar-refractivity contribution in [1.82, 2.24) is 9.97 Å². The number of nitrogens with zero attached hydrogens (tertiary/aromatic N) is 4. The van der Waals surface area contributed by atoms with E-state index in [-0.39, 0.29) is 11.8 Å². The summed E-state index contributed by atoms with van der Waals surface area (Å²) in [5.74, 6) is -0.0153. The zero-order valence-corrected chi connectivity index (χ0v) is 14.3. The number of halogens is 3. The lowest BCUT2D eigenvalue weighted by molar-refractivity contribution is -0.137. The second-order valence-electron chi connectivity index (χ2n) is 5.69. The fourth-order valence-corrected chi connectivity index (χ4v) is 2.52. The van der Waals surface area contributed by atoms with Crippen LogP contribution in [0.4, 0.5) is 36.3 Å². The van der Waals surface area contributed by atoms with Gasteiger partial charge in [-0.2, -0.15) is 18.2 Å². The van der Waals surface area contributed by atoms with Crippen LogP contribution in [0.3, 0.4) is 0 Å². The van der Waals surface area contributed by atoms with Crippen molar-refractivity contribution in [3.63, 3.8) is 0 Å². The van der Waals surface area contributed by atoms with Crippen molar-refractivity contribution >= 4 is 23.1 Å². The zero-order valence-electron chi connectivity index (χ0n) is 14.3. The van der Waals surface area contributed by atoms with E-state index in [1.165, 1.54) is 4.90 Å². The zero-order chi connectivity index (χ0) is 18.7. The molecule has 0 saturated carbocycles. The first-order chi connectivity index (χ1) is 12.4. The average Bonchev–Trinajstić information content (AvgIpc) is 2.67. The molecule has 3 rings (SSSR count). The molecule has 0 spiro atoms. The van der Waals surface area contributed by atoms with Gasteiger partial charge in [-0.15, -0.1) is 0 Å². The molecule has 0 fully saturated rings. The highest BCUT2D eigenvalue weighted by Crippen LogP contribution is 2.38. The number of benzene rings is 2. The highest BCUT2D eigenvalue weighted by atomic mass is 19.4. The van der Waals surface area contributed by atoms with Crippen LogP contribution >= 0.6 is 0 Å². The van der Waals surface area contributed by atoms with Gasteiger partial charge >= 0.3 is 6.18 Å². The first-order valence-electron chi connectivity index (χ1n) is 7.89. The minimum atomic E-state index is -4.55. The van der Waals surface area contributed by atoms with Gasteiger partial charge in [0.25, 0.3) is 0 Å². The van der Waals surface area contributed by atoms with E-state index in [0.29, 0.717) is 5.69 Å². The molecule has 0 bridgehead atoms. The summed E-state index contributed by atoms with van der Waals surface area (Å²) >= 11 is 0. The molecule has 3 aromatic rings. The van der Waals surface area contributed by atoms with Gasteiger partial charge in [-0.05, 0) is 24.3 Å². The van der Waals surface area contributed by atoms with Crippen LogP contribution in [0, 0.1) is 0 Å². The predicted octanol–water partition coefficient (Wildman–Crippen LogP) is 5.03. The molecule has 0 aliphatic heterocycles. The van der Waals surface area contributed by atoms with Gasteiger partial charge in [-0.25, -0.2) is 4.98 Å². The number of para-hydroxylation sites is 2. The standard InChI is InChI=1S/C19H17F3N4/c1-25(14-9-5-3-6-10-14)17-16(19(20,21)22)13-23-18(24-17)26(2)15-11-7-4-8-12-15/h3-13H,1-2H3. The summed E-state index contributed by atoms with van der Waals surface area (Å²) in [5.41, 5.74) is 0.500. The number of anilines is 4. The molecule has 4 nitrogen and oxygen atoms in total. The van der Waals surface area contributed by atoms with Crippen molar-refractivity contribution in [2.24, 2.45) is 0 Å². The van der Waals surface area contributed by atoms with Crippen LogP contribution in [0.5, 0.6) is 0 Å². The Morgan fingerprint density at radius 3 is 1.77 bits per heavy atom. The Morgan fingerprint density at radius 1 is 0.769 bits per heavy atom. The second-order valence-corrected chi connectivity index (χ2v) is 5.69. The summed E-state index contributed by atoms with van der Waals surface area (Å²) in [6, 6.07) is 18.0. The quantitative estimate of drug-likeness (QED) is 0.655. The maximum Gasteiger partial charge on any atom is 0.421 e. The van der Waals surface area contributed by atoms with Gasteiger partial charge < -0.3 is 9.80 Å². The summed E-state index contributed by atoms with van der Waals surface area (Å²) in [5, 5.41) is 0. The summed E-state index contributed by atoms with van der Waals surface area (Å²) in [6.45, 7) is 0. The van der Waals surface area contributed by atoms with Crippen molar-refractivity contribution in [1.29, 1.82) is 0 Å². The molecule has 0 atom stereocenters. The van der Waals surface area contributed by atoms with E-state index in [1.807, 2.05) is 30.3 Å². The maximum absolute atomic E-state index is 13.5. The van der Waals surface area contributed by atoms with Crippen LogP contribution in [-0.2, 0) is 6.18 Å². The number of alkyl halides is 3. The van der Waals surface area contributed by atoms with Crippen molar-refractivity contribution in [3.8, 4) is 0 Å². The van der Waals surface area contributed by atoms with E-state index in [2.05, 4.69) is 9.97 Å². The number of hydrogen-bond acceptors (Lipinski definition) is 4. The predicted molar refractivity (Wildman–Crippen MR) is 96.0 cm³/mol. The molecule has 2 aromatic carbocycles. The molecule has 134 valence electrons. The Hall–Kier alpha value is -3.09. The monoisotopic (exact) mass is 358 g/mol. The van der Waals surface area contributed by atoms with Gasteiger partial charge in [-0.3, -0.25) is 0 Å². The van der Waals surface area contributed by atoms with E-state index >= 15 is 0 Å². The first kappa shape index (κ1) is 17.7. The average molecular weight is 358 g/mol. The lowest BCUT2D eigenvalue weighted by Crippen LogP contribution is -2.21. The van der Waals surface area contributed by atoms with E-state index in [0.717, 1.165) is 11.9 Å². The van der Waals surface area contributed by atoms with Crippen molar-refractivity contribution in [2.45, 2.75) is 6.18 Å². The van der Waals surface area contributed by atoms with Crippen LogP contribution in [0.2, 0.25) is 0 Å². The smallest absolute Gasteiger partial charge is 0.329 e. The Bertz CT molecular complexity index is 867. The van der Waals surface area contributed by atoms with Gasteiger partial charge in [-0.1, -0.05) is 36.4 Å². The molecule has 1 aromatic heterocycles. The third-order valence-corrected chi connectivity index (χ3v) is 3.97. The van der Waals surface area contributed by atoms with Crippen LogP contribution < -0.4 is 9.80 Å². The van der Waals surface area contributed by atoms with E-state index in [4.69, 9.17) is 0 Å². The molecule has 7 heteroatoms. The van der Waals surface area contributed by atoms with E-state index in [9.17, 15) is 13.2 Å². The Balaban J connectivity index is 2.08. The lowest BCUT2D eigenvalue weighted by Gasteiger charge is -2.24. The fourth-order valence-electron chi connectivity index (χ4n) is 2.52. The third-order valence-electron chi connectivity index (χ3n) is 3.97. The normalized spacial score (nSPS) is 11.3.